The number of nitro benzene ring substituents is 1. The summed E-state index contributed by atoms with van der Waals surface area (Å²) in [6, 6.07) is 10.2. The maximum absolute atomic E-state index is 11.9. The number of nitro groups is 1. The van der Waals surface area contributed by atoms with E-state index in [0.717, 1.165) is 0 Å². The lowest BCUT2D eigenvalue weighted by atomic mass is 10.2. The molecular weight excluding hydrogens is 346 g/mol. The van der Waals surface area contributed by atoms with Crippen LogP contribution in [0.25, 0.3) is 0 Å². The third-order valence-electron chi connectivity index (χ3n) is 2.99. The van der Waals surface area contributed by atoms with Crippen molar-refractivity contribution in [2.75, 3.05) is 6.61 Å². The lowest BCUT2D eigenvalue weighted by Crippen LogP contribution is -2.17. The normalized spacial score (nSPS) is 10.2. The zero-order chi connectivity index (χ0) is 18.2. The fourth-order valence-corrected chi connectivity index (χ4v) is 1.95. The lowest BCUT2D eigenvalue weighted by molar-refractivity contribution is -0.384. The molecule has 0 aliphatic heterocycles. The molecule has 25 heavy (non-hydrogen) atoms. The highest BCUT2D eigenvalue weighted by Gasteiger charge is 2.11. The first-order chi connectivity index (χ1) is 12.0. The van der Waals surface area contributed by atoms with Crippen LogP contribution in [-0.4, -0.2) is 23.7 Å². The van der Waals surface area contributed by atoms with Crippen molar-refractivity contribution in [2.45, 2.75) is 0 Å². The summed E-state index contributed by atoms with van der Waals surface area (Å²) in [6.45, 7) is -0.00418. The Hall–Kier alpha value is -3.37. The van der Waals surface area contributed by atoms with Crippen LogP contribution in [0.5, 0.6) is 5.75 Å². The van der Waals surface area contributed by atoms with Crippen LogP contribution in [0.2, 0.25) is 5.02 Å². The first-order valence-electron chi connectivity index (χ1n) is 6.95. The number of halogens is 1. The SMILES string of the molecule is C#CCOc1ccc([N+](=O)[O-])cc1/C=N\NC(=O)c1ccc(Cl)cc1. The van der Waals surface area contributed by atoms with Gasteiger partial charge < -0.3 is 4.74 Å². The number of carbonyl (C=O) groups excluding carboxylic acids is 1. The molecule has 2 aromatic rings. The number of carbonyl (C=O) groups is 1. The van der Waals surface area contributed by atoms with Crippen molar-refractivity contribution in [2.24, 2.45) is 5.10 Å². The van der Waals surface area contributed by atoms with Crippen LogP contribution >= 0.6 is 11.6 Å². The predicted molar refractivity (Wildman–Crippen MR) is 93.9 cm³/mol. The minimum Gasteiger partial charge on any atom is -0.480 e. The standard InChI is InChI=1S/C17H12ClN3O4/c1-2-9-25-16-8-7-15(21(23)24)10-13(16)11-19-20-17(22)12-3-5-14(18)6-4-12/h1,3-8,10-11H,9H2,(H,20,22)/b19-11-. The highest BCUT2D eigenvalue weighted by atomic mass is 35.5. The van der Waals surface area contributed by atoms with Crippen LogP contribution in [-0.2, 0) is 0 Å². The van der Waals surface area contributed by atoms with Crippen LogP contribution in [0.3, 0.4) is 0 Å². The number of benzene rings is 2. The molecule has 0 spiro atoms. The van der Waals surface area contributed by atoms with E-state index < -0.39 is 10.8 Å². The van der Waals surface area contributed by atoms with Crippen molar-refractivity contribution in [3.8, 4) is 18.1 Å². The Morgan fingerprint density at radius 1 is 1.36 bits per heavy atom. The van der Waals surface area contributed by atoms with Gasteiger partial charge in [-0.15, -0.1) is 6.42 Å². The van der Waals surface area contributed by atoms with Gasteiger partial charge in [0, 0.05) is 28.3 Å². The summed E-state index contributed by atoms with van der Waals surface area (Å²) in [6.07, 6.45) is 6.38. The molecule has 0 saturated heterocycles. The van der Waals surface area contributed by atoms with Crippen molar-refractivity contribution in [1.82, 2.24) is 5.43 Å². The summed E-state index contributed by atoms with van der Waals surface area (Å²) in [5.74, 6) is 2.16. The highest BCUT2D eigenvalue weighted by molar-refractivity contribution is 6.30. The molecule has 0 aliphatic carbocycles. The molecule has 0 fully saturated rings. The van der Waals surface area contributed by atoms with Gasteiger partial charge >= 0.3 is 0 Å². The fraction of sp³-hybridized carbons (Fsp3) is 0.0588. The number of rotatable bonds is 6. The van der Waals surface area contributed by atoms with E-state index in [-0.39, 0.29) is 12.3 Å². The molecule has 8 heteroatoms. The van der Waals surface area contributed by atoms with Gasteiger partial charge in [-0.25, -0.2) is 5.43 Å². The average Bonchev–Trinajstić information content (AvgIpc) is 2.60. The Labute approximate surface area is 148 Å². The fourth-order valence-electron chi connectivity index (χ4n) is 1.83. The van der Waals surface area contributed by atoms with Crippen LogP contribution < -0.4 is 10.2 Å². The Balaban J connectivity index is 2.16. The van der Waals surface area contributed by atoms with Gasteiger partial charge in [-0.1, -0.05) is 17.5 Å². The number of terminal acetylenes is 1. The molecule has 2 rings (SSSR count). The summed E-state index contributed by atoms with van der Waals surface area (Å²) in [5, 5.41) is 15.2. The van der Waals surface area contributed by atoms with E-state index in [1.807, 2.05) is 0 Å². The number of hydrazone groups is 1. The molecule has 1 amide bonds. The molecule has 0 aliphatic rings. The van der Waals surface area contributed by atoms with Crippen molar-refractivity contribution < 1.29 is 14.5 Å². The molecule has 0 atom stereocenters. The zero-order valence-corrected chi connectivity index (χ0v) is 13.6. The average molecular weight is 358 g/mol. The zero-order valence-electron chi connectivity index (χ0n) is 12.8. The van der Waals surface area contributed by atoms with Gasteiger partial charge in [-0.3, -0.25) is 14.9 Å². The van der Waals surface area contributed by atoms with E-state index in [2.05, 4.69) is 16.4 Å². The van der Waals surface area contributed by atoms with Gasteiger partial charge in [0.2, 0.25) is 0 Å². The topological polar surface area (TPSA) is 93.8 Å². The van der Waals surface area contributed by atoms with Crippen molar-refractivity contribution >= 4 is 29.4 Å². The van der Waals surface area contributed by atoms with E-state index in [9.17, 15) is 14.9 Å². The largest absolute Gasteiger partial charge is 0.480 e. The summed E-state index contributed by atoms with van der Waals surface area (Å²) in [7, 11) is 0. The number of non-ortho nitro benzene ring substituents is 1. The Morgan fingerprint density at radius 3 is 2.72 bits per heavy atom. The lowest BCUT2D eigenvalue weighted by Gasteiger charge is -2.06. The molecular formula is C17H12ClN3O4. The smallest absolute Gasteiger partial charge is 0.271 e. The van der Waals surface area contributed by atoms with Crippen molar-refractivity contribution in [3.05, 3.63) is 68.7 Å². The first-order valence-corrected chi connectivity index (χ1v) is 7.32. The minimum absolute atomic E-state index is 0.00418. The maximum atomic E-state index is 11.9. The van der Waals surface area contributed by atoms with Gasteiger partial charge in [0.15, 0.2) is 0 Å². The van der Waals surface area contributed by atoms with Crippen LogP contribution in [0, 0.1) is 22.5 Å². The summed E-state index contributed by atoms with van der Waals surface area (Å²) >= 11 is 5.76. The molecule has 0 bridgehead atoms. The molecule has 0 saturated carbocycles. The van der Waals surface area contributed by atoms with Gasteiger partial charge in [-0.2, -0.15) is 5.10 Å². The third-order valence-corrected chi connectivity index (χ3v) is 3.24. The molecule has 1 N–H and O–H groups in total. The molecule has 0 aromatic heterocycles. The second-order valence-electron chi connectivity index (χ2n) is 4.68. The molecule has 7 nitrogen and oxygen atoms in total. The van der Waals surface area contributed by atoms with Gasteiger partial charge in [0.05, 0.1) is 11.1 Å². The summed E-state index contributed by atoms with van der Waals surface area (Å²) in [5.41, 5.74) is 2.85. The van der Waals surface area contributed by atoms with Gasteiger partial charge in [0.1, 0.15) is 12.4 Å². The number of ether oxygens (including phenoxy) is 1. The van der Waals surface area contributed by atoms with E-state index in [4.69, 9.17) is 22.8 Å². The van der Waals surface area contributed by atoms with Crippen LogP contribution in [0.4, 0.5) is 5.69 Å². The monoisotopic (exact) mass is 357 g/mol. The third kappa shape index (κ3) is 5.06. The van der Waals surface area contributed by atoms with E-state index in [1.54, 1.807) is 24.3 Å². The van der Waals surface area contributed by atoms with Crippen molar-refractivity contribution in [1.29, 1.82) is 0 Å². The molecule has 126 valence electrons. The quantitative estimate of drug-likeness (QED) is 0.372. The molecule has 0 unspecified atom stereocenters. The van der Waals surface area contributed by atoms with E-state index in [0.29, 0.717) is 21.9 Å². The van der Waals surface area contributed by atoms with Gasteiger partial charge in [-0.05, 0) is 30.3 Å². The number of hydrogen-bond donors (Lipinski definition) is 1. The van der Waals surface area contributed by atoms with Crippen LogP contribution in [0.15, 0.2) is 47.6 Å². The van der Waals surface area contributed by atoms with E-state index in [1.165, 1.54) is 24.4 Å². The number of amides is 1. The molecule has 0 heterocycles. The van der Waals surface area contributed by atoms with Crippen LogP contribution in [0.1, 0.15) is 15.9 Å². The first kappa shape index (κ1) is 18.0. The Morgan fingerprint density at radius 2 is 2.08 bits per heavy atom. The maximum Gasteiger partial charge on any atom is 0.271 e. The predicted octanol–water partition coefficient (Wildman–Crippen LogP) is 3.02. The van der Waals surface area contributed by atoms with Crippen molar-refractivity contribution in [3.63, 3.8) is 0 Å². The number of hydrogen-bond acceptors (Lipinski definition) is 5. The second-order valence-corrected chi connectivity index (χ2v) is 5.11. The highest BCUT2D eigenvalue weighted by Crippen LogP contribution is 2.22. The number of nitrogens with one attached hydrogen (secondary N) is 1. The Kier molecular flexibility index (Phi) is 6.09. The number of nitrogens with zero attached hydrogens (tertiary/aromatic N) is 2. The van der Waals surface area contributed by atoms with E-state index >= 15 is 0 Å². The Bertz CT molecular complexity index is 857. The summed E-state index contributed by atoms with van der Waals surface area (Å²) < 4.78 is 5.30. The van der Waals surface area contributed by atoms with Gasteiger partial charge in [0.25, 0.3) is 11.6 Å². The molecule has 0 radical (unpaired) electrons. The molecule has 2 aromatic carbocycles. The second kappa shape index (κ2) is 8.47. The summed E-state index contributed by atoms with van der Waals surface area (Å²) in [4.78, 5) is 22.3. The minimum atomic E-state index is -0.547.